The average molecular weight is 374 g/mol. The summed E-state index contributed by atoms with van der Waals surface area (Å²) in [5.41, 5.74) is 12.5. The van der Waals surface area contributed by atoms with Gasteiger partial charge >= 0.3 is 0 Å². The summed E-state index contributed by atoms with van der Waals surface area (Å²) in [6.45, 7) is 1.98. The number of rotatable bonds is 5. The van der Waals surface area contributed by atoms with Crippen molar-refractivity contribution in [2.24, 2.45) is 0 Å². The van der Waals surface area contributed by atoms with E-state index >= 15 is 0 Å². The minimum Gasteiger partial charge on any atom is -0.393 e. The maximum atomic E-state index is 6.51. The van der Waals surface area contributed by atoms with Crippen molar-refractivity contribution < 1.29 is 0 Å². The summed E-state index contributed by atoms with van der Waals surface area (Å²) in [7, 11) is 0. The number of hydrogen-bond acceptors (Lipinski definition) is 6. The van der Waals surface area contributed by atoms with Gasteiger partial charge in [0, 0.05) is 13.1 Å². The van der Waals surface area contributed by atoms with Crippen LogP contribution in [0.2, 0.25) is 0 Å². The molecule has 0 aliphatic carbocycles. The minimum absolute atomic E-state index is 0.585. The zero-order valence-electron chi connectivity index (χ0n) is 16.0. The van der Waals surface area contributed by atoms with E-state index in [9.17, 15) is 0 Å². The monoisotopic (exact) mass is 374 g/mol. The Balaban J connectivity index is 1.66. The lowest BCUT2D eigenvalue weighted by Gasteiger charge is -2.28. The number of anilines is 5. The van der Waals surface area contributed by atoms with Crippen LogP contribution in [0.3, 0.4) is 0 Å². The van der Waals surface area contributed by atoms with E-state index in [1.165, 1.54) is 25.7 Å². The van der Waals surface area contributed by atoms with Crippen LogP contribution in [0.1, 0.15) is 25.7 Å². The molecule has 1 aliphatic rings. The zero-order valence-corrected chi connectivity index (χ0v) is 16.0. The van der Waals surface area contributed by atoms with Crippen LogP contribution in [0.15, 0.2) is 67.0 Å². The van der Waals surface area contributed by atoms with Crippen molar-refractivity contribution in [3.8, 4) is 0 Å². The highest BCUT2D eigenvalue weighted by Gasteiger charge is 2.18. The van der Waals surface area contributed by atoms with Crippen LogP contribution in [0, 0.1) is 0 Å². The van der Waals surface area contributed by atoms with Crippen LogP contribution in [-0.4, -0.2) is 23.1 Å². The third-order valence-electron chi connectivity index (χ3n) is 5.01. The lowest BCUT2D eigenvalue weighted by Crippen LogP contribution is -2.29. The summed E-state index contributed by atoms with van der Waals surface area (Å²) in [5, 5.41) is 1.99. The van der Waals surface area contributed by atoms with E-state index in [0.717, 1.165) is 30.3 Å². The first kappa shape index (κ1) is 18.1. The van der Waals surface area contributed by atoms with E-state index in [0.29, 0.717) is 11.5 Å². The van der Waals surface area contributed by atoms with Gasteiger partial charge in [-0.1, -0.05) is 49.2 Å². The van der Waals surface area contributed by atoms with E-state index in [1.807, 2.05) is 65.7 Å². The molecule has 0 amide bonds. The number of nitrogens with zero attached hydrogens (tertiary/aromatic N) is 4. The Morgan fingerprint density at radius 2 is 1.36 bits per heavy atom. The van der Waals surface area contributed by atoms with Crippen molar-refractivity contribution in [3.63, 3.8) is 0 Å². The zero-order chi connectivity index (χ0) is 19.2. The highest BCUT2D eigenvalue weighted by molar-refractivity contribution is 5.78. The third-order valence-corrected chi connectivity index (χ3v) is 5.01. The maximum Gasteiger partial charge on any atom is 0.173 e. The molecule has 0 unspecified atom stereocenters. The SMILES string of the molecule is Nc1c(NN(c2ccccc2)c2ccccc2)ncnc1N1CCCCCC1. The molecule has 1 fully saturated rings. The Bertz CT molecular complexity index is 837. The van der Waals surface area contributed by atoms with Gasteiger partial charge < -0.3 is 10.6 Å². The number of nitrogens with one attached hydrogen (secondary N) is 1. The Kier molecular flexibility index (Phi) is 5.56. The topological polar surface area (TPSA) is 70.3 Å². The summed E-state index contributed by atoms with van der Waals surface area (Å²) in [6, 6.07) is 20.3. The molecule has 144 valence electrons. The average Bonchev–Trinajstić information content (AvgIpc) is 3.04. The Labute approximate surface area is 166 Å². The number of para-hydroxylation sites is 2. The Morgan fingerprint density at radius 1 is 0.786 bits per heavy atom. The van der Waals surface area contributed by atoms with Crippen LogP contribution in [0.25, 0.3) is 0 Å². The summed E-state index contributed by atoms with van der Waals surface area (Å²) in [5.74, 6) is 1.43. The van der Waals surface area contributed by atoms with E-state index in [-0.39, 0.29) is 0 Å². The van der Waals surface area contributed by atoms with Crippen molar-refractivity contribution in [2.75, 3.05) is 34.2 Å². The molecule has 28 heavy (non-hydrogen) atoms. The maximum absolute atomic E-state index is 6.51. The fraction of sp³-hybridized carbons (Fsp3) is 0.273. The largest absolute Gasteiger partial charge is 0.393 e. The fourth-order valence-corrected chi connectivity index (χ4v) is 3.55. The minimum atomic E-state index is 0.585. The standard InChI is InChI=1S/C22H26N6/c23-20-21(24-17-25-22(20)27-15-9-1-2-10-16-27)26-28(18-11-5-3-6-12-18)19-13-7-4-8-14-19/h3-8,11-14,17H,1-2,9-10,15-16,23H2,(H,24,25,26). The molecular formula is C22H26N6. The Hall–Kier alpha value is -3.28. The van der Waals surface area contributed by atoms with Crippen molar-refractivity contribution in [2.45, 2.75) is 25.7 Å². The number of hydrogen-bond donors (Lipinski definition) is 2. The Morgan fingerprint density at radius 3 is 1.93 bits per heavy atom. The fourth-order valence-electron chi connectivity index (χ4n) is 3.55. The molecule has 2 aromatic carbocycles. The number of benzene rings is 2. The van der Waals surface area contributed by atoms with Crippen LogP contribution in [0.5, 0.6) is 0 Å². The van der Waals surface area contributed by atoms with E-state index < -0.39 is 0 Å². The first-order chi connectivity index (χ1) is 13.8. The van der Waals surface area contributed by atoms with Gasteiger partial charge in [0.2, 0.25) is 0 Å². The third kappa shape index (κ3) is 4.01. The number of nitrogens with two attached hydrogens (primary N) is 1. The van der Waals surface area contributed by atoms with Crippen LogP contribution >= 0.6 is 0 Å². The van der Waals surface area contributed by atoms with Crippen LogP contribution < -0.4 is 21.1 Å². The first-order valence-electron chi connectivity index (χ1n) is 9.85. The summed E-state index contributed by atoms with van der Waals surface area (Å²) in [6.07, 6.45) is 6.47. The highest BCUT2D eigenvalue weighted by atomic mass is 15.5. The molecule has 1 aromatic heterocycles. The molecule has 0 spiro atoms. The molecule has 6 nitrogen and oxygen atoms in total. The van der Waals surface area contributed by atoms with Gasteiger partial charge in [-0.25, -0.2) is 9.97 Å². The molecule has 2 heterocycles. The molecule has 1 saturated heterocycles. The highest BCUT2D eigenvalue weighted by Crippen LogP contribution is 2.31. The van der Waals surface area contributed by atoms with E-state index in [2.05, 4.69) is 20.3 Å². The summed E-state index contributed by atoms with van der Waals surface area (Å²) in [4.78, 5) is 11.2. The van der Waals surface area contributed by atoms with Gasteiger partial charge in [-0.15, -0.1) is 0 Å². The first-order valence-corrected chi connectivity index (χ1v) is 9.85. The molecule has 3 N–H and O–H groups in total. The number of nitrogen functional groups attached to an aromatic ring is 1. The van der Waals surface area contributed by atoms with Crippen LogP contribution in [0.4, 0.5) is 28.7 Å². The molecule has 4 rings (SSSR count). The molecule has 6 heteroatoms. The predicted octanol–water partition coefficient (Wildman–Crippen LogP) is 4.60. The van der Waals surface area contributed by atoms with Gasteiger partial charge in [0.05, 0.1) is 11.4 Å². The predicted molar refractivity (Wildman–Crippen MR) is 116 cm³/mol. The molecule has 0 saturated carbocycles. The molecular weight excluding hydrogens is 348 g/mol. The van der Waals surface area contributed by atoms with Crippen LogP contribution in [-0.2, 0) is 0 Å². The van der Waals surface area contributed by atoms with Gasteiger partial charge in [-0.3, -0.25) is 10.4 Å². The van der Waals surface area contributed by atoms with Crippen molar-refractivity contribution in [3.05, 3.63) is 67.0 Å². The number of hydrazine groups is 1. The lowest BCUT2D eigenvalue weighted by atomic mass is 10.2. The molecule has 1 aliphatic heterocycles. The quantitative estimate of drug-likeness (QED) is 0.636. The van der Waals surface area contributed by atoms with E-state index in [1.54, 1.807) is 6.33 Å². The van der Waals surface area contributed by atoms with Crippen molar-refractivity contribution in [1.82, 2.24) is 9.97 Å². The van der Waals surface area contributed by atoms with Gasteiger partial charge in [-0.2, -0.15) is 0 Å². The van der Waals surface area contributed by atoms with Crippen molar-refractivity contribution >= 4 is 28.7 Å². The second kappa shape index (κ2) is 8.61. The summed E-state index contributed by atoms with van der Waals surface area (Å²) < 4.78 is 0. The van der Waals surface area contributed by atoms with Gasteiger partial charge in [0.25, 0.3) is 0 Å². The van der Waals surface area contributed by atoms with E-state index in [4.69, 9.17) is 5.73 Å². The summed E-state index contributed by atoms with van der Waals surface area (Å²) >= 11 is 0. The molecule has 3 aromatic rings. The number of aromatic nitrogens is 2. The van der Waals surface area contributed by atoms with Gasteiger partial charge in [0.1, 0.15) is 12.0 Å². The molecule has 0 atom stereocenters. The smallest absolute Gasteiger partial charge is 0.173 e. The van der Waals surface area contributed by atoms with Gasteiger partial charge in [0.15, 0.2) is 11.6 Å². The second-order valence-electron chi connectivity index (χ2n) is 6.98. The molecule has 0 radical (unpaired) electrons. The van der Waals surface area contributed by atoms with Gasteiger partial charge in [-0.05, 0) is 37.1 Å². The second-order valence-corrected chi connectivity index (χ2v) is 6.98. The normalized spacial score (nSPS) is 14.4. The lowest BCUT2D eigenvalue weighted by molar-refractivity contribution is 0.726. The van der Waals surface area contributed by atoms with Crippen molar-refractivity contribution in [1.29, 1.82) is 0 Å². The molecule has 0 bridgehead atoms.